The lowest BCUT2D eigenvalue weighted by Gasteiger charge is -2.10. The lowest BCUT2D eigenvalue weighted by atomic mass is 10.1. The summed E-state index contributed by atoms with van der Waals surface area (Å²) in [6.07, 6.45) is -4.42. The molecule has 6 nitrogen and oxygen atoms in total. The van der Waals surface area contributed by atoms with Gasteiger partial charge in [0.1, 0.15) is 5.75 Å². The van der Waals surface area contributed by atoms with Gasteiger partial charge in [0.2, 0.25) is 5.88 Å². The van der Waals surface area contributed by atoms with Crippen LogP contribution in [0.2, 0.25) is 0 Å². The molecule has 3 aromatic rings. The first-order chi connectivity index (χ1) is 14.7. The number of carbonyl (C=O) groups is 1. The lowest BCUT2D eigenvalue weighted by Crippen LogP contribution is -2.28. The van der Waals surface area contributed by atoms with Crippen molar-refractivity contribution in [1.29, 1.82) is 0 Å². The highest BCUT2D eigenvalue weighted by molar-refractivity contribution is 5.77. The molecule has 0 aliphatic rings. The molecule has 0 fully saturated rings. The number of ether oxygens (including phenoxy) is 2. The zero-order valence-electron chi connectivity index (χ0n) is 16.9. The summed E-state index contributed by atoms with van der Waals surface area (Å²) in [6, 6.07) is 13.3. The summed E-state index contributed by atoms with van der Waals surface area (Å²) in [7, 11) is 1.58. The highest BCUT2D eigenvalue weighted by Crippen LogP contribution is 2.30. The molecule has 1 N–H and O–H groups in total. The highest BCUT2D eigenvalue weighted by Gasteiger charge is 2.30. The SMILES string of the molecule is COc1ccc(CNC(=O)COc2cc(C)nc(-c3ccc(C(F)(F)F)cc3)n2)cc1. The van der Waals surface area contributed by atoms with E-state index >= 15 is 0 Å². The van der Waals surface area contributed by atoms with Crippen molar-refractivity contribution in [1.82, 2.24) is 15.3 Å². The summed E-state index contributed by atoms with van der Waals surface area (Å²) < 4.78 is 48.7. The number of nitrogens with zero attached hydrogens (tertiary/aromatic N) is 2. The fourth-order valence-corrected chi connectivity index (χ4v) is 2.69. The minimum atomic E-state index is -4.42. The minimum absolute atomic E-state index is 0.155. The van der Waals surface area contributed by atoms with E-state index in [-0.39, 0.29) is 24.2 Å². The van der Waals surface area contributed by atoms with E-state index in [1.165, 1.54) is 12.1 Å². The molecule has 0 saturated carbocycles. The number of alkyl halides is 3. The molecule has 0 atom stereocenters. The molecule has 31 heavy (non-hydrogen) atoms. The van der Waals surface area contributed by atoms with E-state index in [0.29, 0.717) is 17.8 Å². The van der Waals surface area contributed by atoms with Crippen molar-refractivity contribution < 1.29 is 27.4 Å². The van der Waals surface area contributed by atoms with E-state index in [4.69, 9.17) is 9.47 Å². The first kappa shape index (κ1) is 22.1. The third kappa shape index (κ3) is 6.18. The van der Waals surface area contributed by atoms with Crippen molar-refractivity contribution >= 4 is 5.91 Å². The van der Waals surface area contributed by atoms with E-state index in [1.54, 1.807) is 32.2 Å². The Balaban J connectivity index is 1.60. The molecule has 0 unspecified atom stereocenters. The molecule has 2 aromatic carbocycles. The van der Waals surface area contributed by atoms with Crippen LogP contribution in [-0.4, -0.2) is 29.6 Å². The summed E-state index contributed by atoms with van der Waals surface area (Å²) in [5.41, 5.74) is 1.11. The molecular formula is C22H20F3N3O3. The van der Waals surface area contributed by atoms with Crippen molar-refractivity contribution in [2.75, 3.05) is 13.7 Å². The zero-order chi connectivity index (χ0) is 22.4. The van der Waals surface area contributed by atoms with Gasteiger partial charge in [-0.2, -0.15) is 18.2 Å². The predicted molar refractivity (Wildman–Crippen MR) is 108 cm³/mol. The van der Waals surface area contributed by atoms with Crippen LogP contribution in [0.5, 0.6) is 11.6 Å². The minimum Gasteiger partial charge on any atom is -0.497 e. The van der Waals surface area contributed by atoms with Crippen LogP contribution in [0.3, 0.4) is 0 Å². The third-order valence-corrected chi connectivity index (χ3v) is 4.30. The topological polar surface area (TPSA) is 73.3 Å². The fourth-order valence-electron chi connectivity index (χ4n) is 2.69. The van der Waals surface area contributed by atoms with Crippen LogP contribution in [0, 0.1) is 6.92 Å². The van der Waals surface area contributed by atoms with Crippen LogP contribution in [0.25, 0.3) is 11.4 Å². The number of amides is 1. The Labute approximate surface area is 177 Å². The smallest absolute Gasteiger partial charge is 0.416 e. The molecule has 0 radical (unpaired) electrons. The van der Waals surface area contributed by atoms with Gasteiger partial charge in [-0.3, -0.25) is 4.79 Å². The first-order valence-corrected chi connectivity index (χ1v) is 9.30. The average Bonchev–Trinajstić information content (AvgIpc) is 2.75. The largest absolute Gasteiger partial charge is 0.497 e. The van der Waals surface area contributed by atoms with Crippen LogP contribution in [-0.2, 0) is 17.5 Å². The Kier molecular flexibility index (Phi) is 6.74. The number of hydrogen-bond donors (Lipinski definition) is 1. The van der Waals surface area contributed by atoms with E-state index < -0.39 is 11.7 Å². The Hall–Kier alpha value is -3.62. The second kappa shape index (κ2) is 9.46. The zero-order valence-corrected chi connectivity index (χ0v) is 16.9. The van der Waals surface area contributed by atoms with Gasteiger partial charge < -0.3 is 14.8 Å². The molecule has 1 amide bonds. The highest BCUT2D eigenvalue weighted by atomic mass is 19.4. The van der Waals surface area contributed by atoms with Gasteiger partial charge in [-0.15, -0.1) is 0 Å². The summed E-state index contributed by atoms with van der Waals surface area (Å²) in [6.45, 7) is 1.76. The Morgan fingerprint density at radius 1 is 1.03 bits per heavy atom. The summed E-state index contributed by atoms with van der Waals surface area (Å²) >= 11 is 0. The molecule has 162 valence electrons. The van der Waals surface area contributed by atoms with Crippen molar-refractivity contribution in [2.45, 2.75) is 19.6 Å². The van der Waals surface area contributed by atoms with Crippen molar-refractivity contribution in [2.24, 2.45) is 0 Å². The van der Waals surface area contributed by atoms with Crippen molar-refractivity contribution in [3.8, 4) is 23.0 Å². The van der Waals surface area contributed by atoms with Crippen LogP contribution in [0.1, 0.15) is 16.8 Å². The number of hydrogen-bond acceptors (Lipinski definition) is 5. The first-order valence-electron chi connectivity index (χ1n) is 9.30. The van der Waals surface area contributed by atoms with E-state index in [2.05, 4.69) is 15.3 Å². The maximum atomic E-state index is 12.7. The number of benzene rings is 2. The van der Waals surface area contributed by atoms with Crippen LogP contribution < -0.4 is 14.8 Å². The molecule has 0 bridgehead atoms. The van der Waals surface area contributed by atoms with Crippen LogP contribution in [0.15, 0.2) is 54.6 Å². The van der Waals surface area contributed by atoms with E-state index in [0.717, 1.165) is 23.4 Å². The summed E-state index contributed by atoms with van der Waals surface area (Å²) in [5, 5.41) is 2.73. The number of aromatic nitrogens is 2. The number of aryl methyl sites for hydroxylation is 1. The predicted octanol–water partition coefficient (Wildman–Crippen LogP) is 4.17. The van der Waals surface area contributed by atoms with Gasteiger partial charge in [-0.1, -0.05) is 24.3 Å². The molecule has 1 aromatic heterocycles. The molecule has 0 spiro atoms. The maximum Gasteiger partial charge on any atom is 0.416 e. The van der Waals surface area contributed by atoms with Gasteiger partial charge in [0.25, 0.3) is 5.91 Å². The molecular weight excluding hydrogens is 411 g/mol. The number of methoxy groups -OCH3 is 1. The average molecular weight is 431 g/mol. The van der Waals surface area contributed by atoms with Gasteiger partial charge in [-0.25, -0.2) is 4.98 Å². The second-order valence-electron chi connectivity index (χ2n) is 6.66. The molecule has 0 aliphatic carbocycles. The van der Waals surface area contributed by atoms with E-state index in [9.17, 15) is 18.0 Å². The quantitative estimate of drug-likeness (QED) is 0.608. The lowest BCUT2D eigenvalue weighted by molar-refractivity contribution is -0.137. The Bertz CT molecular complexity index is 1040. The molecule has 0 aliphatic heterocycles. The number of nitrogens with one attached hydrogen (secondary N) is 1. The van der Waals surface area contributed by atoms with Crippen LogP contribution in [0.4, 0.5) is 13.2 Å². The Morgan fingerprint density at radius 2 is 1.71 bits per heavy atom. The van der Waals surface area contributed by atoms with Gasteiger partial charge in [0.15, 0.2) is 12.4 Å². The molecule has 3 rings (SSSR count). The standard InChI is InChI=1S/C22H20F3N3O3/c1-14-11-20(28-21(27-14)16-5-7-17(8-6-16)22(23,24)25)31-13-19(29)26-12-15-3-9-18(30-2)10-4-15/h3-11H,12-13H2,1-2H3,(H,26,29). The molecule has 9 heteroatoms. The summed E-state index contributed by atoms with van der Waals surface area (Å²) in [4.78, 5) is 20.5. The normalized spacial score (nSPS) is 11.1. The third-order valence-electron chi connectivity index (χ3n) is 4.30. The maximum absolute atomic E-state index is 12.7. The summed E-state index contributed by atoms with van der Waals surface area (Å²) in [5.74, 6) is 0.744. The molecule has 1 heterocycles. The number of rotatable bonds is 7. The van der Waals surface area contributed by atoms with Gasteiger partial charge in [0.05, 0.1) is 12.7 Å². The fraction of sp³-hybridized carbons (Fsp3) is 0.227. The van der Waals surface area contributed by atoms with E-state index in [1.807, 2.05) is 12.1 Å². The monoisotopic (exact) mass is 431 g/mol. The molecule has 0 saturated heterocycles. The van der Waals surface area contributed by atoms with Gasteiger partial charge >= 0.3 is 6.18 Å². The van der Waals surface area contributed by atoms with Crippen LogP contribution >= 0.6 is 0 Å². The number of halogens is 3. The van der Waals surface area contributed by atoms with Gasteiger partial charge in [0, 0.05) is 23.9 Å². The second-order valence-corrected chi connectivity index (χ2v) is 6.66. The number of carbonyl (C=O) groups excluding carboxylic acids is 1. The Morgan fingerprint density at radius 3 is 2.32 bits per heavy atom. The van der Waals surface area contributed by atoms with Crippen molar-refractivity contribution in [3.05, 3.63) is 71.4 Å². The van der Waals surface area contributed by atoms with Crippen molar-refractivity contribution in [3.63, 3.8) is 0 Å². The van der Waals surface area contributed by atoms with Gasteiger partial charge in [-0.05, 0) is 36.8 Å².